The van der Waals surface area contributed by atoms with E-state index >= 15 is 0 Å². The summed E-state index contributed by atoms with van der Waals surface area (Å²) in [7, 11) is 0. The maximum atomic E-state index is 10.7. The van der Waals surface area contributed by atoms with Gasteiger partial charge in [-0.05, 0) is 35.7 Å². The summed E-state index contributed by atoms with van der Waals surface area (Å²) < 4.78 is 6.65. The van der Waals surface area contributed by atoms with Gasteiger partial charge in [0.25, 0.3) is 0 Å². The molecule has 0 amide bonds. The summed E-state index contributed by atoms with van der Waals surface area (Å²) in [6.45, 7) is 4.13. The number of aromatic nitrogens is 2. The molecule has 0 saturated heterocycles. The number of nitrogens with zero attached hydrogens (tertiary/aromatic N) is 2. The molecule has 0 unspecified atom stereocenters. The second-order valence-corrected chi connectivity index (χ2v) is 5.42. The van der Waals surface area contributed by atoms with Crippen molar-refractivity contribution in [2.45, 2.75) is 19.8 Å². The molecule has 1 heterocycles. The number of ether oxygens (including phenoxy) is 1. The Bertz CT molecular complexity index is 627. The van der Waals surface area contributed by atoms with Crippen LogP contribution in [0, 0.1) is 0 Å². The average molecular weight is 337 g/mol. The fourth-order valence-electron chi connectivity index (χ4n) is 1.66. The SMILES string of the molecule is CC(C)c1cc(Br)ccc1Oc1ccc(C(=O)O)nn1. The van der Waals surface area contributed by atoms with E-state index in [9.17, 15) is 4.79 Å². The quantitative estimate of drug-likeness (QED) is 0.917. The summed E-state index contributed by atoms with van der Waals surface area (Å²) in [6, 6.07) is 8.55. The van der Waals surface area contributed by atoms with Gasteiger partial charge in [0.05, 0.1) is 0 Å². The molecule has 0 aliphatic carbocycles. The number of halogens is 1. The van der Waals surface area contributed by atoms with E-state index < -0.39 is 5.97 Å². The predicted octanol–water partition coefficient (Wildman–Crippen LogP) is 3.85. The lowest BCUT2D eigenvalue weighted by atomic mass is 10.0. The monoisotopic (exact) mass is 336 g/mol. The van der Waals surface area contributed by atoms with Gasteiger partial charge in [0.1, 0.15) is 5.75 Å². The number of hydrogen-bond donors (Lipinski definition) is 1. The summed E-state index contributed by atoms with van der Waals surface area (Å²) in [5, 5.41) is 16.1. The van der Waals surface area contributed by atoms with Gasteiger partial charge >= 0.3 is 5.97 Å². The maximum Gasteiger partial charge on any atom is 0.356 e. The average Bonchev–Trinajstić information content (AvgIpc) is 2.41. The Hall–Kier alpha value is -1.95. The van der Waals surface area contributed by atoms with Crippen molar-refractivity contribution in [2.24, 2.45) is 0 Å². The Labute approximate surface area is 124 Å². The molecule has 0 radical (unpaired) electrons. The van der Waals surface area contributed by atoms with Gasteiger partial charge in [-0.25, -0.2) is 4.79 Å². The highest BCUT2D eigenvalue weighted by molar-refractivity contribution is 9.10. The second kappa shape index (κ2) is 6.00. The third-order valence-electron chi connectivity index (χ3n) is 2.67. The zero-order valence-electron chi connectivity index (χ0n) is 11.0. The van der Waals surface area contributed by atoms with Crippen LogP contribution in [0.15, 0.2) is 34.8 Å². The van der Waals surface area contributed by atoms with Crippen molar-refractivity contribution >= 4 is 21.9 Å². The zero-order chi connectivity index (χ0) is 14.7. The molecule has 5 nitrogen and oxygen atoms in total. The predicted molar refractivity (Wildman–Crippen MR) is 77.3 cm³/mol. The normalized spacial score (nSPS) is 10.6. The van der Waals surface area contributed by atoms with Crippen LogP contribution >= 0.6 is 15.9 Å². The number of rotatable bonds is 4. The number of carboxylic acids is 1. The highest BCUT2D eigenvalue weighted by Crippen LogP contribution is 2.32. The first-order chi connectivity index (χ1) is 9.47. The van der Waals surface area contributed by atoms with E-state index in [4.69, 9.17) is 9.84 Å². The molecule has 0 aliphatic heterocycles. The van der Waals surface area contributed by atoms with Crippen LogP contribution in [0.4, 0.5) is 0 Å². The van der Waals surface area contributed by atoms with Gasteiger partial charge in [-0.2, -0.15) is 0 Å². The van der Waals surface area contributed by atoms with Crippen molar-refractivity contribution in [3.63, 3.8) is 0 Å². The van der Waals surface area contributed by atoms with E-state index in [-0.39, 0.29) is 17.5 Å². The van der Waals surface area contributed by atoms with E-state index in [2.05, 4.69) is 40.0 Å². The van der Waals surface area contributed by atoms with E-state index in [0.717, 1.165) is 10.0 Å². The zero-order valence-corrected chi connectivity index (χ0v) is 12.6. The van der Waals surface area contributed by atoms with E-state index in [1.165, 1.54) is 12.1 Å². The smallest absolute Gasteiger partial charge is 0.356 e. The Balaban J connectivity index is 2.27. The fraction of sp³-hybridized carbons (Fsp3) is 0.214. The van der Waals surface area contributed by atoms with Gasteiger partial charge in [-0.3, -0.25) is 0 Å². The van der Waals surface area contributed by atoms with Gasteiger partial charge in [-0.1, -0.05) is 29.8 Å². The molecule has 20 heavy (non-hydrogen) atoms. The second-order valence-electron chi connectivity index (χ2n) is 4.50. The number of carboxylic acid groups (broad SMARTS) is 1. The van der Waals surface area contributed by atoms with Crippen LogP contribution < -0.4 is 4.74 Å². The molecule has 6 heteroatoms. The summed E-state index contributed by atoms with van der Waals surface area (Å²) >= 11 is 3.43. The molecule has 1 aromatic carbocycles. The van der Waals surface area contributed by atoms with Gasteiger partial charge in [0.15, 0.2) is 5.69 Å². The summed E-state index contributed by atoms with van der Waals surface area (Å²) in [6.07, 6.45) is 0. The Morgan fingerprint density at radius 3 is 2.55 bits per heavy atom. The maximum absolute atomic E-state index is 10.7. The lowest BCUT2D eigenvalue weighted by Gasteiger charge is -2.13. The van der Waals surface area contributed by atoms with Gasteiger partial charge in [0, 0.05) is 10.5 Å². The lowest BCUT2D eigenvalue weighted by Crippen LogP contribution is -2.02. The van der Waals surface area contributed by atoms with Crippen LogP contribution in [0.25, 0.3) is 0 Å². The summed E-state index contributed by atoms with van der Waals surface area (Å²) in [5.41, 5.74) is 0.917. The van der Waals surface area contributed by atoms with Crippen molar-refractivity contribution < 1.29 is 14.6 Å². The van der Waals surface area contributed by atoms with Crippen molar-refractivity contribution in [1.29, 1.82) is 0 Å². The van der Waals surface area contributed by atoms with Crippen LogP contribution in [0.5, 0.6) is 11.6 Å². The minimum absolute atomic E-state index is 0.114. The number of aromatic carboxylic acids is 1. The molecule has 0 atom stereocenters. The van der Waals surface area contributed by atoms with Crippen LogP contribution in [-0.4, -0.2) is 21.3 Å². The van der Waals surface area contributed by atoms with Crippen LogP contribution in [-0.2, 0) is 0 Å². The standard InChI is InChI=1S/C14H13BrN2O3/c1-8(2)10-7-9(15)3-5-12(10)20-13-6-4-11(14(18)19)16-17-13/h3-8H,1-2H3,(H,18,19). The lowest BCUT2D eigenvalue weighted by molar-refractivity contribution is 0.0689. The topological polar surface area (TPSA) is 72.3 Å². The molecule has 2 rings (SSSR count). The third kappa shape index (κ3) is 3.33. The summed E-state index contributed by atoms with van der Waals surface area (Å²) in [5.74, 6) is 0.115. The van der Waals surface area contributed by atoms with Gasteiger partial charge < -0.3 is 9.84 Å². The first-order valence-corrected chi connectivity index (χ1v) is 6.81. The van der Waals surface area contributed by atoms with E-state index in [1.54, 1.807) is 0 Å². The van der Waals surface area contributed by atoms with Crippen LogP contribution in [0.1, 0.15) is 35.8 Å². The van der Waals surface area contributed by atoms with Crippen LogP contribution in [0.3, 0.4) is 0 Å². The van der Waals surface area contributed by atoms with Crippen molar-refractivity contribution in [3.05, 3.63) is 46.1 Å². The van der Waals surface area contributed by atoms with Crippen molar-refractivity contribution in [2.75, 3.05) is 0 Å². The van der Waals surface area contributed by atoms with E-state index in [0.29, 0.717) is 5.75 Å². The Kier molecular flexibility index (Phi) is 4.34. The van der Waals surface area contributed by atoms with E-state index in [1.807, 2.05) is 18.2 Å². The molecule has 2 aromatic rings. The third-order valence-corrected chi connectivity index (χ3v) is 3.16. The number of benzene rings is 1. The highest BCUT2D eigenvalue weighted by atomic mass is 79.9. The van der Waals surface area contributed by atoms with Crippen LogP contribution in [0.2, 0.25) is 0 Å². The van der Waals surface area contributed by atoms with Crippen molar-refractivity contribution in [3.8, 4) is 11.6 Å². The van der Waals surface area contributed by atoms with Crippen molar-refractivity contribution in [1.82, 2.24) is 10.2 Å². The molecule has 0 aliphatic rings. The molecule has 0 bridgehead atoms. The molecule has 0 fully saturated rings. The molecule has 1 N–H and O–H groups in total. The minimum Gasteiger partial charge on any atom is -0.476 e. The first-order valence-electron chi connectivity index (χ1n) is 6.01. The van der Waals surface area contributed by atoms with Gasteiger partial charge in [0.2, 0.25) is 5.88 Å². The van der Waals surface area contributed by atoms with Gasteiger partial charge in [-0.15, -0.1) is 10.2 Å². The molecule has 1 aromatic heterocycles. The summed E-state index contributed by atoms with van der Waals surface area (Å²) in [4.78, 5) is 10.7. The largest absolute Gasteiger partial charge is 0.476 e. The minimum atomic E-state index is -1.12. The Morgan fingerprint density at radius 2 is 2.00 bits per heavy atom. The highest BCUT2D eigenvalue weighted by Gasteiger charge is 2.11. The first kappa shape index (κ1) is 14.5. The number of carbonyl (C=O) groups is 1. The molecule has 0 saturated carbocycles. The fourth-order valence-corrected chi connectivity index (χ4v) is 2.04. The molecule has 104 valence electrons. The molecule has 0 spiro atoms. The number of hydrogen-bond acceptors (Lipinski definition) is 4. The molecular weight excluding hydrogens is 324 g/mol. The molecular formula is C14H13BrN2O3. The Morgan fingerprint density at radius 1 is 1.25 bits per heavy atom.